The smallest absolute Gasteiger partial charge is 0.289 e. The Labute approximate surface area is 130 Å². The van der Waals surface area contributed by atoms with E-state index in [1.165, 1.54) is 12.8 Å². The van der Waals surface area contributed by atoms with Gasteiger partial charge in [-0.15, -0.1) is 0 Å². The van der Waals surface area contributed by atoms with Gasteiger partial charge in [0.1, 0.15) is 5.69 Å². The second-order valence-corrected chi connectivity index (χ2v) is 6.78. The Bertz CT molecular complexity index is 575. The summed E-state index contributed by atoms with van der Waals surface area (Å²) in [6.45, 7) is 7.15. The number of nitrogens with zero attached hydrogens (tertiary/aromatic N) is 3. The number of imidazole rings is 1. The third-order valence-electron chi connectivity index (χ3n) is 4.28. The van der Waals surface area contributed by atoms with Crippen molar-refractivity contribution in [2.45, 2.75) is 39.7 Å². The highest BCUT2D eigenvalue weighted by Crippen LogP contribution is 2.30. The lowest BCUT2D eigenvalue weighted by atomic mass is 10.1. The van der Waals surface area contributed by atoms with Crippen LogP contribution in [-0.2, 0) is 6.54 Å². The fraction of sp³-hybridized carbons (Fsp3) is 0.688. The minimum Gasteiger partial charge on any atom is -0.351 e. The molecule has 1 aliphatic carbocycles. The van der Waals surface area contributed by atoms with Crippen molar-refractivity contribution < 1.29 is 9.59 Å². The Morgan fingerprint density at radius 3 is 2.86 bits per heavy atom. The Kier molecular flexibility index (Phi) is 4.18. The largest absolute Gasteiger partial charge is 0.351 e. The molecule has 0 bridgehead atoms. The molecular weight excluding hydrogens is 280 g/mol. The molecule has 6 heteroatoms. The van der Waals surface area contributed by atoms with E-state index in [1.54, 1.807) is 6.20 Å². The molecule has 0 spiro atoms. The standard InChI is InChI=1S/C16H24N4O2/c1-11(2)5-6-17-15(21)13-10-19-7-8-20(9-12-3-4-12)16(22)14(19)18-13/h10-12H,3-9H2,1-2H3,(H,17,21). The highest BCUT2D eigenvalue weighted by atomic mass is 16.2. The Morgan fingerprint density at radius 2 is 2.18 bits per heavy atom. The van der Waals surface area contributed by atoms with Gasteiger partial charge in [-0.25, -0.2) is 4.98 Å². The molecule has 22 heavy (non-hydrogen) atoms. The second-order valence-electron chi connectivity index (χ2n) is 6.78. The first-order valence-electron chi connectivity index (χ1n) is 8.19. The molecule has 0 unspecified atom stereocenters. The van der Waals surface area contributed by atoms with Crippen molar-refractivity contribution in [2.24, 2.45) is 11.8 Å². The van der Waals surface area contributed by atoms with Crippen molar-refractivity contribution in [1.82, 2.24) is 19.8 Å². The fourth-order valence-corrected chi connectivity index (χ4v) is 2.69. The number of carbonyl (C=O) groups excluding carboxylic acids is 2. The summed E-state index contributed by atoms with van der Waals surface area (Å²) in [5.41, 5.74) is 0.348. The molecule has 1 N–H and O–H groups in total. The Morgan fingerprint density at radius 1 is 1.41 bits per heavy atom. The second kappa shape index (κ2) is 6.10. The van der Waals surface area contributed by atoms with Gasteiger partial charge in [0.25, 0.3) is 11.8 Å². The minimum absolute atomic E-state index is 0.0422. The van der Waals surface area contributed by atoms with Crippen LogP contribution in [0.5, 0.6) is 0 Å². The van der Waals surface area contributed by atoms with Gasteiger partial charge in [-0.1, -0.05) is 13.8 Å². The molecule has 2 heterocycles. The molecule has 1 fully saturated rings. The molecule has 1 aliphatic heterocycles. The topological polar surface area (TPSA) is 67.2 Å². The summed E-state index contributed by atoms with van der Waals surface area (Å²) in [6, 6.07) is 0. The highest BCUT2D eigenvalue weighted by Gasteiger charge is 2.32. The summed E-state index contributed by atoms with van der Waals surface area (Å²) < 4.78 is 1.81. The van der Waals surface area contributed by atoms with Crippen molar-refractivity contribution in [2.75, 3.05) is 19.6 Å². The summed E-state index contributed by atoms with van der Waals surface area (Å²) in [6.07, 6.45) is 5.09. The van der Waals surface area contributed by atoms with Gasteiger partial charge >= 0.3 is 0 Å². The zero-order valence-electron chi connectivity index (χ0n) is 13.3. The number of aromatic nitrogens is 2. The molecule has 3 rings (SSSR count). The number of carbonyl (C=O) groups is 2. The van der Waals surface area contributed by atoms with Crippen molar-refractivity contribution in [3.8, 4) is 0 Å². The first-order valence-corrected chi connectivity index (χ1v) is 8.19. The van der Waals surface area contributed by atoms with E-state index in [4.69, 9.17) is 0 Å². The van der Waals surface area contributed by atoms with E-state index in [2.05, 4.69) is 24.1 Å². The summed E-state index contributed by atoms with van der Waals surface area (Å²) in [7, 11) is 0. The zero-order chi connectivity index (χ0) is 15.7. The van der Waals surface area contributed by atoms with Crippen LogP contribution >= 0.6 is 0 Å². The van der Waals surface area contributed by atoms with Crippen LogP contribution in [0.15, 0.2) is 6.20 Å². The normalized spacial score (nSPS) is 17.8. The Balaban J connectivity index is 1.64. The van der Waals surface area contributed by atoms with Gasteiger partial charge in [-0.2, -0.15) is 0 Å². The van der Waals surface area contributed by atoms with E-state index in [-0.39, 0.29) is 11.8 Å². The van der Waals surface area contributed by atoms with Crippen molar-refractivity contribution >= 4 is 11.8 Å². The molecule has 6 nitrogen and oxygen atoms in total. The van der Waals surface area contributed by atoms with Crippen LogP contribution in [0.2, 0.25) is 0 Å². The maximum absolute atomic E-state index is 12.4. The average molecular weight is 304 g/mol. The van der Waals surface area contributed by atoms with Crippen LogP contribution < -0.4 is 5.32 Å². The fourth-order valence-electron chi connectivity index (χ4n) is 2.69. The van der Waals surface area contributed by atoms with Gasteiger partial charge in [0.05, 0.1) is 0 Å². The van der Waals surface area contributed by atoms with Crippen LogP contribution in [0.1, 0.15) is 54.2 Å². The molecular formula is C16H24N4O2. The summed E-state index contributed by atoms with van der Waals surface area (Å²) in [4.78, 5) is 30.7. The molecule has 120 valence electrons. The van der Waals surface area contributed by atoms with Crippen LogP contribution in [0.25, 0.3) is 0 Å². The number of hydrogen-bond acceptors (Lipinski definition) is 3. The summed E-state index contributed by atoms with van der Waals surface area (Å²) in [5, 5.41) is 2.87. The first kappa shape index (κ1) is 15.1. The van der Waals surface area contributed by atoms with Gasteiger partial charge < -0.3 is 14.8 Å². The van der Waals surface area contributed by atoms with Crippen LogP contribution in [0, 0.1) is 11.8 Å². The molecule has 0 atom stereocenters. The quantitative estimate of drug-likeness (QED) is 0.866. The molecule has 1 saturated carbocycles. The van der Waals surface area contributed by atoms with Gasteiger partial charge in [-0.05, 0) is 31.1 Å². The minimum atomic E-state index is -0.191. The molecule has 2 amide bonds. The highest BCUT2D eigenvalue weighted by molar-refractivity contribution is 5.96. The van der Waals surface area contributed by atoms with Gasteiger partial charge in [0.2, 0.25) is 0 Å². The zero-order valence-corrected chi connectivity index (χ0v) is 13.3. The predicted molar refractivity (Wildman–Crippen MR) is 82.6 cm³/mol. The number of hydrogen-bond donors (Lipinski definition) is 1. The van der Waals surface area contributed by atoms with Crippen molar-refractivity contribution in [1.29, 1.82) is 0 Å². The lowest BCUT2D eigenvalue weighted by Gasteiger charge is -2.27. The molecule has 0 aromatic carbocycles. The number of rotatable bonds is 6. The van der Waals surface area contributed by atoms with E-state index in [0.717, 1.165) is 19.5 Å². The predicted octanol–water partition coefficient (Wildman–Crippen LogP) is 1.52. The molecule has 0 radical (unpaired) electrons. The van der Waals surface area contributed by atoms with E-state index < -0.39 is 0 Å². The third kappa shape index (κ3) is 3.31. The van der Waals surface area contributed by atoms with Crippen LogP contribution in [0.4, 0.5) is 0 Å². The van der Waals surface area contributed by atoms with Crippen molar-refractivity contribution in [3.63, 3.8) is 0 Å². The SMILES string of the molecule is CC(C)CCNC(=O)c1cn2c(n1)C(=O)N(CC1CC1)CC2. The van der Waals surface area contributed by atoms with Crippen molar-refractivity contribution in [3.05, 3.63) is 17.7 Å². The molecule has 1 aromatic rings. The van der Waals surface area contributed by atoms with Gasteiger partial charge in [0.15, 0.2) is 5.82 Å². The maximum Gasteiger partial charge on any atom is 0.289 e. The van der Waals surface area contributed by atoms with Crippen LogP contribution in [-0.4, -0.2) is 45.9 Å². The maximum atomic E-state index is 12.4. The van der Waals surface area contributed by atoms with E-state index in [9.17, 15) is 9.59 Å². The molecule has 0 saturated heterocycles. The Hall–Kier alpha value is -1.85. The lowest BCUT2D eigenvalue weighted by Crippen LogP contribution is -2.41. The van der Waals surface area contributed by atoms with Gasteiger partial charge in [0, 0.05) is 32.4 Å². The first-order chi connectivity index (χ1) is 10.5. The molecule has 2 aliphatic rings. The van der Waals surface area contributed by atoms with E-state index in [0.29, 0.717) is 36.4 Å². The van der Waals surface area contributed by atoms with Crippen LogP contribution in [0.3, 0.4) is 0 Å². The monoisotopic (exact) mass is 304 g/mol. The van der Waals surface area contributed by atoms with E-state index in [1.807, 2.05) is 9.47 Å². The third-order valence-corrected chi connectivity index (χ3v) is 4.28. The summed E-state index contributed by atoms with van der Waals surface area (Å²) in [5.74, 6) is 1.39. The number of amides is 2. The number of nitrogens with one attached hydrogen (secondary N) is 1. The lowest BCUT2D eigenvalue weighted by molar-refractivity contribution is 0.0688. The summed E-state index contributed by atoms with van der Waals surface area (Å²) >= 11 is 0. The molecule has 1 aromatic heterocycles. The van der Waals surface area contributed by atoms with E-state index >= 15 is 0 Å². The average Bonchev–Trinajstić information content (AvgIpc) is 3.17. The number of fused-ring (bicyclic) bond motifs is 1. The van der Waals surface area contributed by atoms with Gasteiger partial charge in [-0.3, -0.25) is 9.59 Å².